The Morgan fingerprint density at radius 3 is 2.72 bits per heavy atom. The Labute approximate surface area is 176 Å². The lowest BCUT2D eigenvalue weighted by atomic mass is 10.1. The first kappa shape index (κ1) is 19.2. The molecule has 9 heteroatoms. The van der Waals surface area contributed by atoms with Crippen LogP contribution in [0.4, 0.5) is 5.13 Å². The Balaban J connectivity index is 1.61. The van der Waals surface area contributed by atoms with Crippen LogP contribution in [-0.4, -0.2) is 30.3 Å². The first-order valence-electron chi connectivity index (χ1n) is 8.84. The van der Waals surface area contributed by atoms with Gasteiger partial charge >= 0.3 is 0 Å². The minimum Gasteiger partial charge on any atom is -0.297 e. The van der Waals surface area contributed by atoms with E-state index in [0.717, 1.165) is 34.0 Å². The predicted molar refractivity (Wildman–Crippen MR) is 114 cm³/mol. The largest absolute Gasteiger partial charge is 0.297 e. The molecule has 0 aliphatic heterocycles. The van der Waals surface area contributed by atoms with E-state index in [0.29, 0.717) is 27.2 Å². The molecule has 1 N–H and O–H groups in total. The van der Waals surface area contributed by atoms with Crippen molar-refractivity contribution in [3.8, 4) is 17.2 Å². The number of hydrogen-bond acceptors (Lipinski definition) is 6. The van der Waals surface area contributed by atoms with Gasteiger partial charge in [-0.05, 0) is 50.1 Å². The van der Waals surface area contributed by atoms with Crippen LogP contribution in [-0.2, 0) is 0 Å². The summed E-state index contributed by atoms with van der Waals surface area (Å²) < 4.78 is 6.11. The summed E-state index contributed by atoms with van der Waals surface area (Å²) in [4.78, 5) is 16.8. The molecular formula is C20H17ClN6OS. The van der Waals surface area contributed by atoms with Crippen LogP contribution in [0, 0.1) is 20.8 Å². The number of carbonyl (C=O) groups excluding carboxylic acids is 1. The van der Waals surface area contributed by atoms with Gasteiger partial charge in [0, 0.05) is 11.5 Å². The Hall–Kier alpha value is -3.10. The van der Waals surface area contributed by atoms with Crippen molar-refractivity contribution in [2.75, 3.05) is 5.32 Å². The molecule has 0 spiro atoms. The van der Waals surface area contributed by atoms with Crippen LogP contribution in [0.5, 0.6) is 0 Å². The van der Waals surface area contributed by atoms with Gasteiger partial charge in [0.2, 0.25) is 5.13 Å². The number of carbonyl (C=O) groups is 1. The summed E-state index contributed by atoms with van der Waals surface area (Å²) in [5.41, 5.74) is 4.96. The lowest BCUT2D eigenvalue weighted by molar-refractivity contribution is 0.102. The van der Waals surface area contributed by atoms with Gasteiger partial charge in [-0.1, -0.05) is 41.1 Å². The van der Waals surface area contributed by atoms with E-state index >= 15 is 0 Å². The highest BCUT2D eigenvalue weighted by Gasteiger charge is 2.19. The molecule has 0 fully saturated rings. The normalized spacial score (nSPS) is 10.9. The van der Waals surface area contributed by atoms with E-state index in [9.17, 15) is 4.79 Å². The number of amides is 1. The van der Waals surface area contributed by atoms with E-state index in [1.807, 2.05) is 20.8 Å². The van der Waals surface area contributed by atoms with Gasteiger partial charge in [0.05, 0.1) is 22.0 Å². The average Bonchev–Trinajstić information content (AvgIpc) is 3.30. The van der Waals surface area contributed by atoms with E-state index in [4.69, 9.17) is 11.6 Å². The lowest BCUT2D eigenvalue weighted by Gasteiger charge is -2.08. The number of nitrogens with one attached hydrogen (secondary N) is 1. The predicted octanol–water partition coefficient (Wildman–Crippen LogP) is 4.62. The molecule has 0 unspecified atom stereocenters. The van der Waals surface area contributed by atoms with Crippen molar-refractivity contribution in [3.05, 3.63) is 69.9 Å². The maximum absolute atomic E-state index is 12.4. The van der Waals surface area contributed by atoms with Crippen molar-refractivity contribution in [2.45, 2.75) is 20.8 Å². The highest BCUT2D eigenvalue weighted by molar-refractivity contribution is 7.10. The number of rotatable bonds is 4. The third-order valence-corrected chi connectivity index (χ3v) is 5.42. The summed E-state index contributed by atoms with van der Waals surface area (Å²) >= 11 is 7.16. The van der Waals surface area contributed by atoms with Gasteiger partial charge in [0.15, 0.2) is 11.5 Å². The van der Waals surface area contributed by atoms with E-state index < -0.39 is 0 Å². The fourth-order valence-corrected chi connectivity index (χ4v) is 3.68. The third kappa shape index (κ3) is 3.76. The van der Waals surface area contributed by atoms with Crippen molar-refractivity contribution >= 4 is 34.2 Å². The second-order valence-electron chi connectivity index (χ2n) is 6.58. The number of halogens is 1. The van der Waals surface area contributed by atoms with E-state index in [1.54, 1.807) is 28.9 Å². The molecule has 146 valence electrons. The molecule has 0 bridgehead atoms. The molecule has 0 atom stereocenters. The van der Waals surface area contributed by atoms with Gasteiger partial charge < -0.3 is 0 Å². The molecule has 2 aromatic heterocycles. The maximum atomic E-state index is 12.4. The lowest BCUT2D eigenvalue weighted by Crippen LogP contribution is -2.12. The molecule has 29 heavy (non-hydrogen) atoms. The Morgan fingerprint density at radius 1 is 1.14 bits per heavy atom. The van der Waals surface area contributed by atoms with Gasteiger partial charge in [-0.15, -0.1) is 5.10 Å². The van der Waals surface area contributed by atoms with Crippen molar-refractivity contribution in [1.29, 1.82) is 0 Å². The minimum atomic E-state index is -0.339. The molecular weight excluding hydrogens is 408 g/mol. The average molecular weight is 425 g/mol. The standard InChI is InChI=1S/C20H17ClN6OS/c1-11-8-9-12(2)16(10-11)27-13(3)17(24-26-27)18-22-20(29-25-18)23-19(28)14-6-4-5-7-15(14)21/h4-10H,1-3H3,(H,22,23,25,28). The fourth-order valence-electron chi connectivity index (χ4n) is 2.89. The van der Waals surface area contributed by atoms with Crippen LogP contribution in [0.3, 0.4) is 0 Å². The van der Waals surface area contributed by atoms with Crippen LogP contribution in [0.15, 0.2) is 42.5 Å². The molecule has 0 radical (unpaired) electrons. The van der Waals surface area contributed by atoms with Gasteiger partial charge in [-0.25, -0.2) is 4.68 Å². The van der Waals surface area contributed by atoms with Crippen molar-refractivity contribution in [1.82, 2.24) is 24.4 Å². The van der Waals surface area contributed by atoms with E-state index in [2.05, 4.69) is 43.2 Å². The smallest absolute Gasteiger partial charge is 0.258 e. The monoisotopic (exact) mass is 424 g/mol. The number of anilines is 1. The summed E-state index contributed by atoms with van der Waals surface area (Å²) in [5.74, 6) is 0.0765. The second-order valence-corrected chi connectivity index (χ2v) is 7.74. The third-order valence-electron chi connectivity index (χ3n) is 4.46. The molecule has 7 nitrogen and oxygen atoms in total. The zero-order valence-electron chi connectivity index (χ0n) is 16.0. The number of nitrogens with zero attached hydrogens (tertiary/aromatic N) is 5. The van der Waals surface area contributed by atoms with Crippen LogP contribution >= 0.6 is 23.1 Å². The van der Waals surface area contributed by atoms with E-state index in [-0.39, 0.29) is 5.91 Å². The summed E-state index contributed by atoms with van der Waals surface area (Å²) in [6.07, 6.45) is 0. The molecule has 4 rings (SSSR count). The summed E-state index contributed by atoms with van der Waals surface area (Å²) in [7, 11) is 0. The molecule has 2 heterocycles. The van der Waals surface area contributed by atoms with Gasteiger partial charge in [0.1, 0.15) is 0 Å². The summed E-state index contributed by atoms with van der Waals surface area (Å²) in [6, 6.07) is 13.0. The van der Waals surface area contributed by atoms with Gasteiger partial charge in [-0.2, -0.15) is 9.36 Å². The maximum Gasteiger partial charge on any atom is 0.258 e. The van der Waals surface area contributed by atoms with Crippen molar-refractivity contribution < 1.29 is 4.79 Å². The Bertz CT molecular complexity index is 1220. The number of aromatic nitrogens is 5. The molecule has 4 aromatic rings. The molecule has 1 amide bonds. The van der Waals surface area contributed by atoms with Crippen LogP contribution < -0.4 is 5.32 Å². The zero-order chi connectivity index (χ0) is 20.5. The molecule has 0 aliphatic rings. The zero-order valence-corrected chi connectivity index (χ0v) is 17.5. The Morgan fingerprint density at radius 2 is 1.93 bits per heavy atom. The van der Waals surface area contributed by atoms with Crippen LogP contribution in [0.1, 0.15) is 27.2 Å². The molecule has 0 aliphatic carbocycles. The van der Waals surface area contributed by atoms with E-state index in [1.165, 1.54) is 0 Å². The molecule has 0 saturated carbocycles. The second kappa shape index (κ2) is 7.73. The van der Waals surface area contributed by atoms with Gasteiger partial charge in [0.25, 0.3) is 5.91 Å². The fraction of sp³-hybridized carbons (Fsp3) is 0.150. The first-order valence-corrected chi connectivity index (χ1v) is 9.99. The van der Waals surface area contributed by atoms with Crippen molar-refractivity contribution in [3.63, 3.8) is 0 Å². The highest BCUT2D eigenvalue weighted by Crippen LogP contribution is 2.26. The van der Waals surface area contributed by atoms with Crippen LogP contribution in [0.25, 0.3) is 17.2 Å². The topological polar surface area (TPSA) is 85.6 Å². The van der Waals surface area contributed by atoms with Gasteiger partial charge in [-0.3, -0.25) is 10.1 Å². The minimum absolute atomic E-state index is 0.339. The highest BCUT2D eigenvalue weighted by atomic mass is 35.5. The Kier molecular flexibility index (Phi) is 5.12. The number of benzene rings is 2. The van der Waals surface area contributed by atoms with Crippen molar-refractivity contribution in [2.24, 2.45) is 0 Å². The quantitative estimate of drug-likeness (QED) is 0.516. The molecule has 2 aromatic carbocycles. The number of hydrogen-bond donors (Lipinski definition) is 1. The molecule has 0 saturated heterocycles. The SMILES string of the molecule is Cc1ccc(C)c(-n2nnc(-c3nsc(NC(=O)c4ccccc4Cl)n3)c2C)c1. The first-order chi connectivity index (χ1) is 13.9. The van der Waals surface area contributed by atoms with Crippen LogP contribution in [0.2, 0.25) is 5.02 Å². The summed E-state index contributed by atoms with van der Waals surface area (Å²) in [6.45, 7) is 5.98. The summed E-state index contributed by atoms with van der Waals surface area (Å²) in [5, 5.41) is 12.0. The number of aryl methyl sites for hydroxylation is 2.